The van der Waals surface area contributed by atoms with Gasteiger partial charge in [-0.25, -0.2) is 0 Å². The van der Waals surface area contributed by atoms with Crippen LogP contribution >= 0.6 is 0 Å². The molecule has 1 atom stereocenters. The van der Waals surface area contributed by atoms with Crippen LogP contribution in [0.15, 0.2) is 0 Å². The monoisotopic (exact) mass is 229 g/mol. The number of hydrogen-bond acceptors (Lipinski definition) is 4. The van der Waals surface area contributed by atoms with Crippen LogP contribution in [0, 0.1) is 0 Å². The van der Waals surface area contributed by atoms with Crippen LogP contribution in [0.5, 0.6) is 0 Å². The van der Waals surface area contributed by atoms with Gasteiger partial charge in [0.05, 0.1) is 0 Å². The second-order valence-electron chi connectivity index (χ2n) is 5.28. The second kappa shape index (κ2) is 5.12. The minimum absolute atomic E-state index is 0.160. The van der Waals surface area contributed by atoms with Crippen molar-refractivity contribution in [1.29, 1.82) is 0 Å². The Morgan fingerprint density at radius 1 is 1.31 bits per heavy atom. The summed E-state index contributed by atoms with van der Waals surface area (Å²) < 4.78 is 0. The van der Waals surface area contributed by atoms with E-state index in [-0.39, 0.29) is 12.1 Å². The predicted molar refractivity (Wildman–Crippen MR) is 63.4 cm³/mol. The SMILES string of the molecule is CC(C)(C)N1CCN(C(CN)C(=O)O)CC1. The van der Waals surface area contributed by atoms with Crippen molar-refractivity contribution in [3.63, 3.8) is 0 Å². The third-order valence-corrected chi connectivity index (χ3v) is 3.21. The van der Waals surface area contributed by atoms with Gasteiger partial charge in [0.1, 0.15) is 6.04 Å². The van der Waals surface area contributed by atoms with Gasteiger partial charge in [0, 0.05) is 38.3 Å². The van der Waals surface area contributed by atoms with Crippen LogP contribution in [0.25, 0.3) is 0 Å². The summed E-state index contributed by atoms with van der Waals surface area (Å²) in [5.74, 6) is -0.813. The predicted octanol–water partition coefficient (Wildman–Crippen LogP) is -0.186. The average Bonchev–Trinajstić information content (AvgIpc) is 2.17. The van der Waals surface area contributed by atoms with Gasteiger partial charge >= 0.3 is 5.97 Å². The molecule has 0 amide bonds. The topological polar surface area (TPSA) is 69.8 Å². The smallest absolute Gasteiger partial charge is 0.322 e. The molecule has 0 radical (unpaired) electrons. The Balaban J connectivity index is 2.51. The lowest BCUT2D eigenvalue weighted by molar-refractivity contribution is -0.143. The van der Waals surface area contributed by atoms with Crippen LogP contribution in [0.4, 0.5) is 0 Å². The van der Waals surface area contributed by atoms with E-state index < -0.39 is 12.0 Å². The molecule has 16 heavy (non-hydrogen) atoms. The van der Waals surface area contributed by atoms with E-state index in [1.165, 1.54) is 0 Å². The maximum Gasteiger partial charge on any atom is 0.322 e. The first kappa shape index (κ1) is 13.4. The van der Waals surface area contributed by atoms with Gasteiger partial charge < -0.3 is 10.8 Å². The highest BCUT2D eigenvalue weighted by atomic mass is 16.4. The fraction of sp³-hybridized carbons (Fsp3) is 0.909. The summed E-state index contributed by atoms with van der Waals surface area (Å²) >= 11 is 0. The zero-order valence-corrected chi connectivity index (χ0v) is 10.4. The highest BCUT2D eigenvalue weighted by molar-refractivity contribution is 5.73. The van der Waals surface area contributed by atoms with E-state index in [1.54, 1.807) is 0 Å². The van der Waals surface area contributed by atoms with E-state index in [0.29, 0.717) is 0 Å². The normalized spacial score (nSPS) is 22.0. The maximum absolute atomic E-state index is 11.0. The van der Waals surface area contributed by atoms with Gasteiger partial charge in [0.15, 0.2) is 0 Å². The molecule has 3 N–H and O–H groups in total. The van der Waals surface area contributed by atoms with Crippen molar-refractivity contribution in [2.45, 2.75) is 32.4 Å². The molecule has 1 rings (SSSR count). The van der Waals surface area contributed by atoms with Crippen LogP contribution in [0.1, 0.15) is 20.8 Å². The van der Waals surface area contributed by atoms with Crippen molar-refractivity contribution in [2.24, 2.45) is 5.73 Å². The summed E-state index contributed by atoms with van der Waals surface area (Å²) in [5.41, 5.74) is 5.65. The number of rotatable bonds is 3. The van der Waals surface area contributed by atoms with Crippen molar-refractivity contribution in [3.8, 4) is 0 Å². The summed E-state index contributed by atoms with van der Waals surface area (Å²) in [5, 5.41) is 9.02. The number of nitrogens with zero attached hydrogens (tertiary/aromatic N) is 2. The van der Waals surface area contributed by atoms with Crippen molar-refractivity contribution in [2.75, 3.05) is 32.7 Å². The van der Waals surface area contributed by atoms with E-state index in [1.807, 2.05) is 4.90 Å². The molecule has 94 valence electrons. The van der Waals surface area contributed by atoms with Gasteiger partial charge in [0.2, 0.25) is 0 Å². The zero-order valence-electron chi connectivity index (χ0n) is 10.4. The molecule has 1 heterocycles. The zero-order chi connectivity index (χ0) is 12.3. The van der Waals surface area contributed by atoms with Crippen LogP contribution < -0.4 is 5.73 Å². The van der Waals surface area contributed by atoms with Crippen LogP contribution in [-0.4, -0.2) is 65.2 Å². The lowest BCUT2D eigenvalue weighted by atomic mass is 10.0. The number of carboxylic acids is 1. The van der Waals surface area contributed by atoms with Crippen molar-refractivity contribution in [1.82, 2.24) is 9.80 Å². The van der Waals surface area contributed by atoms with Crippen LogP contribution in [0.2, 0.25) is 0 Å². The number of carbonyl (C=O) groups is 1. The van der Waals surface area contributed by atoms with Gasteiger partial charge in [-0.1, -0.05) is 0 Å². The Morgan fingerprint density at radius 2 is 1.81 bits per heavy atom. The number of aliphatic carboxylic acids is 1. The lowest BCUT2D eigenvalue weighted by Gasteiger charge is -2.43. The molecule has 1 aliphatic rings. The molecule has 0 aromatic rings. The molecule has 5 heteroatoms. The first-order valence-corrected chi connectivity index (χ1v) is 5.78. The molecule has 0 aromatic heterocycles. The minimum atomic E-state index is -0.813. The van der Waals surface area contributed by atoms with Crippen molar-refractivity contribution in [3.05, 3.63) is 0 Å². The molecule has 1 fully saturated rings. The summed E-state index contributed by atoms with van der Waals surface area (Å²) in [7, 11) is 0. The summed E-state index contributed by atoms with van der Waals surface area (Å²) in [6.45, 7) is 10.1. The largest absolute Gasteiger partial charge is 0.480 e. The number of piperazine rings is 1. The molecule has 0 aromatic carbocycles. The number of carboxylic acid groups (broad SMARTS) is 1. The Morgan fingerprint density at radius 3 is 2.12 bits per heavy atom. The second-order valence-corrected chi connectivity index (χ2v) is 5.28. The Kier molecular flexibility index (Phi) is 4.29. The molecule has 1 saturated heterocycles. The maximum atomic E-state index is 11.0. The lowest BCUT2D eigenvalue weighted by Crippen LogP contribution is -2.58. The van der Waals surface area contributed by atoms with Gasteiger partial charge in [-0.3, -0.25) is 14.6 Å². The fourth-order valence-electron chi connectivity index (χ4n) is 2.11. The van der Waals surface area contributed by atoms with Crippen LogP contribution in [0.3, 0.4) is 0 Å². The highest BCUT2D eigenvalue weighted by Gasteiger charge is 2.31. The first-order valence-electron chi connectivity index (χ1n) is 5.78. The molecule has 0 aliphatic carbocycles. The molecule has 0 spiro atoms. The first-order chi connectivity index (χ1) is 7.36. The number of hydrogen-bond donors (Lipinski definition) is 2. The molecular formula is C11H23N3O2. The van der Waals surface area contributed by atoms with Gasteiger partial charge in [0.25, 0.3) is 0 Å². The van der Waals surface area contributed by atoms with Gasteiger partial charge in [-0.05, 0) is 20.8 Å². The van der Waals surface area contributed by atoms with Gasteiger partial charge in [-0.15, -0.1) is 0 Å². The Hall–Kier alpha value is -0.650. The van der Waals surface area contributed by atoms with Gasteiger partial charge in [-0.2, -0.15) is 0 Å². The highest BCUT2D eigenvalue weighted by Crippen LogP contribution is 2.16. The third kappa shape index (κ3) is 3.17. The van der Waals surface area contributed by atoms with E-state index in [9.17, 15) is 4.79 Å². The van der Waals surface area contributed by atoms with E-state index in [0.717, 1.165) is 26.2 Å². The standard InChI is InChI=1S/C11H23N3O2/c1-11(2,3)14-6-4-13(5-7-14)9(8-12)10(15)16/h9H,4-8,12H2,1-3H3,(H,15,16). The molecule has 0 saturated carbocycles. The Bertz CT molecular complexity index is 242. The summed E-state index contributed by atoms with van der Waals surface area (Å²) in [6, 6.07) is -0.526. The van der Waals surface area contributed by atoms with E-state index in [4.69, 9.17) is 10.8 Å². The van der Waals surface area contributed by atoms with Crippen molar-refractivity contribution >= 4 is 5.97 Å². The van der Waals surface area contributed by atoms with E-state index in [2.05, 4.69) is 25.7 Å². The minimum Gasteiger partial charge on any atom is -0.480 e. The van der Waals surface area contributed by atoms with E-state index >= 15 is 0 Å². The molecular weight excluding hydrogens is 206 g/mol. The molecule has 5 nitrogen and oxygen atoms in total. The quantitative estimate of drug-likeness (QED) is 0.702. The fourth-order valence-corrected chi connectivity index (χ4v) is 2.11. The molecule has 1 aliphatic heterocycles. The average molecular weight is 229 g/mol. The summed E-state index contributed by atoms with van der Waals surface area (Å²) in [4.78, 5) is 15.3. The van der Waals surface area contributed by atoms with Crippen LogP contribution in [-0.2, 0) is 4.79 Å². The third-order valence-electron chi connectivity index (χ3n) is 3.21. The van der Waals surface area contributed by atoms with Crippen molar-refractivity contribution < 1.29 is 9.90 Å². The molecule has 1 unspecified atom stereocenters. The Labute approximate surface area is 97.2 Å². The summed E-state index contributed by atoms with van der Waals surface area (Å²) in [6.07, 6.45) is 0. The molecule has 0 bridgehead atoms. The number of nitrogens with two attached hydrogens (primary N) is 1.